The molecule has 0 saturated heterocycles. The van der Waals surface area contributed by atoms with Crippen LogP contribution in [0.2, 0.25) is 0 Å². The second-order valence-corrected chi connectivity index (χ2v) is 22.3. The van der Waals surface area contributed by atoms with E-state index in [1.165, 1.54) is 20.2 Å². The highest BCUT2D eigenvalue weighted by Gasteiger charge is 2.26. The Morgan fingerprint density at radius 2 is 1.04 bits per heavy atom. The molecular formula is C30H32N8O22S7. The summed E-state index contributed by atoms with van der Waals surface area (Å²) in [6, 6.07) is 8.42. The molecule has 0 aliphatic rings. The molecule has 366 valence electrons. The van der Waals surface area contributed by atoms with E-state index in [2.05, 4.69) is 49.6 Å². The van der Waals surface area contributed by atoms with Crippen LogP contribution in [0, 0.1) is 0 Å². The van der Waals surface area contributed by atoms with Crippen molar-refractivity contribution in [1.29, 1.82) is 0 Å². The molecule has 0 aliphatic heterocycles. The number of nitrogens with two attached hydrogens (primary N) is 1. The Morgan fingerprint density at radius 1 is 0.597 bits per heavy atom. The van der Waals surface area contributed by atoms with Crippen LogP contribution in [0.15, 0.2) is 116 Å². The fourth-order valence-corrected chi connectivity index (χ4v) is 10.1. The monoisotopic (exact) mass is 1080 g/mol. The number of nitrogens with zero attached hydrogens (tertiary/aromatic N) is 6. The zero-order valence-corrected chi connectivity index (χ0v) is 39.1. The Hall–Kier alpha value is -5.23. The van der Waals surface area contributed by atoms with E-state index in [1.54, 1.807) is 0 Å². The molecule has 4 aromatic rings. The SMILES string of the molecule is CNc1c(N=Nc2ccc(S(=O)(=O)CCOSOOO)cc2S(=O)(=O)O)cc(N=Nc2ccc(OC)cc2S(=O)(=O)O)c(N)c1N=Nc1ccc(S(=O)(=O)CCOS(=O)(=O)O)cc1S(=O)(=O)O. The van der Waals surface area contributed by atoms with Crippen LogP contribution >= 0.6 is 12.3 Å². The molecular weight excluding hydrogens is 1050 g/mol. The lowest BCUT2D eigenvalue weighted by Crippen LogP contribution is -2.16. The maximum atomic E-state index is 12.9. The highest BCUT2D eigenvalue weighted by atomic mass is 32.3. The lowest BCUT2D eigenvalue weighted by atomic mass is 10.1. The minimum absolute atomic E-state index is 0.0289. The molecule has 0 aromatic heterocycles. The van der Waals surface area contributed by atoms with E-state index >= 15 is 0 Å². The summed E-state index contributed by atoms with van der Waals surface area (Å²) in [5, 5.41) is 37.4. The van der Waals surface area contributed by atoms with Gasteiger partial charge in [0, 0.05) is 13.1 Å². The van der Waals surface area contributed by atoms with Gasteiger partial charge in [0.05, 0.1) is 53.0 Å². The van der Waals surface area contributed by atoms with Crippen molar-refractivity contribution in [3.63, 3.8) is 0 Å². The number of nitrogens with one attached hydrogen (secondary N) is 1. The third-order valence-corrected chi connectivity index (χ3v) is 14.9. The molecule has 0 bridgehead atoms. The van der Waals surface area contributed by atoms with E-state index in [1.807, 2.05) is 0 Å². The van der Waals surface area contributed by atoms with E-state index in [-0.39, 0.29) is 23.8 Å². The molecule has 0 spiro atoms. The topological polar surface area (TPSA) is 464 Å². The summed E-state index contributed by atoms with van der Waals surface area (Å²) in [6.45, 7) is -1.67. The van der Waals surface area contributed by atoms with Crippen molar-refractivity contribution in [2.75, 3.05) is 49.9 Å². The molecule has 0 heterocycles. The first-order chi connectivity index (χ1) is 31.0. The van der Waals surface area contributed by atoms with Crippen LogP contribution in [-0.4, -0.2) is 113 Å². The lowest BCUT2D eigenvalue weighted by Gasteiger charge is -2.13. The zero-order valence-electron chi connectivity index (χ0n) is 33.4. The van der Waals surface area contributed by atoms with Crippen molar-refractivity contribution in [3.05, 3.63) is 60.7 Å². The molecule has 8 N–H and O–H groups in total. The minimum Gasteiger partial charge on any atom is -0.497 e. The molecule has 37 heteroatoms. The number of azo groups is 3. The van der Waals surface area contributed by atoms with Gasteiger partial charge in [-0.2, -0.15) is 33.7 Å². The lowest BCUT2D eigenvalue weighted by molar-refractivity contribution is -0.434. The van der Waals surface area contributed by atoms with Gasteiger partial charge >= 0.3 is 10.4 Å². The zero-order chi connectivity index (χ0) is 50.2. The van der Waals surface area contributed by atoms with Crippen molar-refractivity contribution in [2.45, 2.75) is 24.5 Å². The van der Waals surface area contributed by atoms with Gasteiger partial charge in [0.1, 0.15) is 54.6 Å². The Labute approximate surface area is 384 Å². The van der Waals surface area contributed by atoms with Crippen LogP contribution < -0.4 is 15.8 Å². The number of ether oxygens (including phenoxy) is 1. The molecule has 4 aromatic carbocycles. The summed E-state index contributed by atoms with van der Waals surface area (Å²) < 4.78 is 204. The first kappa shape index (κ1) is 54.4. The summed E-state index contributed by atoms with van der Waals surface area (Å²) in [6.07, 6.45) is 0. The van der Waals surface area contributed by atoms with Crippen LogP contribution in [0.25, 0.3) is 0 Å². The number of anilines is 2. The molecule has 0 fully saturated rings. The second kappa shape index (κ2) is 21.8. The number of rotatable bonds is 23. The van der Waals surface area contributed by atoms with Crippen LogP contribution in [-0.2, 0) is 78.2 Å². The highest BCUT2D eigenvalue weighted by Crippen LogP contribution is 2.48. The van der Waals surface area contributed by atoms with Gasteiger partial charge in [-0.05, 0) is 54.6 Å². The fourth-order valence-electron chi connectivity index (χ4n) is 5.05. The van der Waals surface area contributed by atoms with Crippen LogP contribution in [0.4, 0.5) is 45.5 Å². The molecule has 0 atom stereocenters. The summed E-state index contributed by atoms with van der Waals surface area (Å²) in [5.41, 5.74) is 2.21. The molecule has 4 rings (SSSR count). The molecule has 0 saturated carbocycles. The van der Waals surface area contributed by atoms with Crippen LogP contribution in [0.3, 0.4) is 0 Å². The number of methoxy groups -OCH3 is 1. The van der Waals surface area contributed by atoms with Crippen molar-refractivity contribution >= 4 is 118 Å². The molecule has 0 radical (unpaired) electrons. The van der Waals surface area contributed by atoms with Crippen molar-refractivity contribution in [1.82, 2.24) is 0 Å². The summed E-state index contributed by atoms with van der Waals surface area (Å²) >= 11 is 0.0661. The molecule has 0 amide bonds. The molecule has 67 heavy (non-hydrogen) atoms. The van der Waals surface area contributed by atoms with Gasteiger partial charge in [-0.1, -0.05) is 5.04 Å². The van der Waals surface area contributed by atoms with Crippen molar-refractivity contribution in [2.24, 2.45) is 30.7 Å². The summed E-state index contributed by atoms with van der Waals surface area (Å²) in [4.78, 5) is -4.51. The van der Waals surface area contributed by atoms with Gasteiger partial charge in [-0.25, -0.2) is 26.3 Å². The van der Waals surface area contributed by atoms with Gasteiger partial charge in [0.25, 0.3) is 30.4 Å². The average molecular weight is 1080 g/mol. The van der Waals surface area contributed by atoms with Crippen LogP contribution in [0.5, 0.6) is 5.75 Å². The van der Waals surface area contributed by atoms with Gasteiger partial charge in [-0.3, -0.25) is 22.4 Å². The van der Waals surface area contributed by atoms with Gasteiger partial charge in [0.2, 0.25) is 0 Å². The smallest absolute Gasteiger partial charge is 0.397 e. The normalized spacial score (nSPS) is 13.2. The Kier molecular flexibility index (Phi) is 17.7. The van der Waals surface area contributed by atoms with E-state index in [4.69, 9.17) is 24.5 Å². The number of hydrogen-bond donors (Lipinski definition) is 7. The van der Waals surface area contributed by atoms with Crippen molar-refractivity contribution in [3.8, 4) is 5.75 Å². The Balaban J connectivity index is 1.94. The van der Waals surface area contributed by atoms with E-state index in [9.17, 15) is 64.2 Å². The van der Waals surface area contributed by atoms with Crippen LogP contribution in [0.1, 0.15) is 0 Å². The molecule has 30 nitrogen and oxygen atoms in total. The predicted octanol–water partition coefficient (Wildman–Crippen LogP) is 4.67. The van der Waals surface area contributed by atoms with E-state index in [0.717, 1.165) is 42.5 Å². The number of hydrogen-bond acceptors (Lipinski definition) is 27. The maximum absolute atomic E-state index is 12.9. The predicted molar refractivity (Wildman–Crippen MR) is 228 cm³/mol. The third kappa shape index (κ3) is 14.9. The largest absolute Gasteiger partial charge is 0.497 e. The number of nitrogen functional groups attached to an aromatic ring is 1. The van der Waals surface area contributed by atoms with Crippen molar-refractivity contribution < 1.29 is 96.5 Å². The first-order valence-corrected chi connectivity index (χ1v) is 26.8. The summed E-state index contributed by atoms with van der Waals surface area (Å²) in [7, 11) is -27.1. The fraction of sp³-hybridized carbons (Fsp3) is 0.200. The number of benzene rings is 4. The summed E-state index contributed by atoms with van der Waals surface area (Å²) in [5.74, 6) is -1.91. The van der Waals surface area contributed by atoms with E-state index < -0.39 is 149 Å². The second-order valence-electron chi connectivity index (χ2n) is 12.3. The Bertz CT molecular complexity index is 3320. The molecule has 0 unspecified atom stereocenters. The highest BCUT2D eigenvalue weighted by molar-refractivity contribution is 7.92. The maximum Gasteiger partial charge on any atom is 0.397 e. The third-order valence-electron chi connectivity index (χ3n) is 8.04. The first-order valence-electron chi connectivity index (χ1n) is 17.1. The standard InChI is InChI=1S/C30H32N8O22S7/c1-32-29-24(37-34-21-7-4-18(14-26(21)65(47,48)49)62(40,41)11-9-57-61-60-59-39)16-23(36-33-20-6-3-17(56-2)13-25(20)64(44,45)46)28(31)30(29)38-35-22-8-5-19(15-27(22)66(50,51)52)63(42,43)12-10-58-67(53,54)55/h3-8,13-16,32,39H,9-12,31H2,1-2H3,(H,44,45,46)(H,47,48,49)(H,50,51,52)(H,53,54,55). The van der Waals surface area contributed by atoms with E-state index in [0.29, 0.717) is 12.1 Å². The number of sulfone groups is 2. The quantitative estimate of drug-likeness (QED) is 0.0101. The minimum atomic E-state index is -5.35. The van der Waals surface area contributed by atoms with Gasteiger partial charge < -0.3 is 15.8 Å². The average Bonchev–Trinajstić information content (AvgIpc) is 3.23. The molecule has 0 aliphatic carbocycles. The van der Waals surface area contributed by atoms with Gasteiger partial charge in [0.15, 0.2) is 32.0 Å². The van der Waals surface area contributed by atoms with Gasteiger partial charge in [-0.15, -0.1) is 35.0 Å². The Morgan fingerprint density at radius 3 is 1.51 bits per heavy atom.